The summed E-state index contributed by atoms with van der Waals surface area (Å²) in [6, 6.07) is 5.17. The van der Waals surface area contributed by atoms with Crippen molar-refractivity contribution in [3.63, 3.8) is 0 Å². The highest BCUT2D eigenvalue weighted by molar-refractivity contribution is 5.15. The molecule has 2 unspecified atom stereocenters. The smallest absolute Gasteiger partial charge is 0.0618 e. The van der Waals surface area contributed by atoms with Crippen LogP contribution in [0.25, 0.3) is 0 Å². The molecule has 4 nitrogen and oxygen atoms in total. The molecular formula is C15H25N3O. The van der Waals surface area contributed by atoms with E-state index in [0.717, 1.165) is 32.5 Å². The largest absolute Gasteiger partial charge is 0.383 e. The quantitative estimate of drug-likeness (QED) is 0.817. The Balaban J connectivity index is 2.07. The van der Waals surface area contributed by atoms with Crippen molar-refractivity contribution in [2.45, 2.75) is 37.8 Å². The van der Waals surface area contributed by atoms with Gasteiger partial charge in [0.25, 0.3) is 0 Å². The zero-order valence-corrected chi connectivity index (χ0v) is 11.8. The molecule has 0 spiro atoms. The Morgan fingerprint density at radius 3 is 3.16 bits per heavy atom. The van der Waals surface area contributed by atoms with Gasteiger partial charge in [-0.1, -0.05) is 6.07 Å². The van der Waals surface area contributed by atoms with E-state index in [2.05, 4.69) is 16.0 Å². The Morgan fingerprint density at radius 1 is 1.58 bits per heavy atom. The lowest BCUT2D eigenvalue weighted by atomic mass is 10.0. The molecule has 1 fully saturated rings. The van der Waals surface area contributed by atoms with Gasteiger partial charge in [0.2, 0.25) is 0 Å². The van der Waals surface area contributed by atoms with Gasteiger partial charge in [0.1, 0.15) is 0 Å². The van der Waals surface area contributed by atoms with Crippen LogP contribution in [-0.4, -0.2) is 42.7 Å². The maximum absolute atomic E-state index is 5.65. The highest BCUT2D eigenvalue weighted by Gasteiger charge is 2.31. The zero-order chi connectivity index (χ0) is 13.5. The van der Waals surface area contributed by atoms with E-state index in [9.17, 15) is 0 Å². The molecular weight excluding hydrogens is 238 g/mol. The molecule has 1 saturated heterocycles. The summed E-state index contributed by atoms with van der Waals surface area (Å²) in [4.78, 5) is 6.83. The van der Waals surface area contributed by atoms with Crippen LogP contribution in [0.4, 0.5) is 0 Å². The predicted molar refractivity (Wildman–Crippen MR) is 76.9 cm³/mol. The first-order chi connectivity index (χ1) is 9.36. The maximum Gasteiger partial charge on any atom is 0.0618 e. The minimum Gasteiger partial charge on any atom is -0.383 e. The van der Waals surface area contributed by atoms with Crippen LogP contribution in [0.15, 0.2) is 24.5 Å². The fourth-order valence-electron chi connectivity index (χ4n) is 3.05. The lowest BCUT2D eigenvalue weighted by Crippen LogP contribution is -2.38. The second-order valence-electron chi connectivity index (χ2n) is 5.22. The van der Waals surface area contributed by atoms with Crippen LogP contribution in [0.3, 0.4) is 0 Å². The summed E-state index contributed by atoms with van der Waals surface area (Å²) < 4.78 is 5.40. The number of hydrogen-bond donors (Lipinski definition) is 1. The molecule has 2 rings (SSSR count). The number of hydrogen-bond acceptors (Lipinski definition) is 4. The van der Waals surface area contributed by atoms with E-state index >= 15 is 0 Å². The van der Waals surface area contributed by atoms with Gasteiger partial charge in [0.05, 0.1) is 6.61 Å². The summed E-state index contributed by atoms with van der Waals surface area (Å²) in [6.45, 7) is 2.69. The average Bonchev–Trinajstić information content (AvgIpc) is 2.93. The Morgan fingerprint density at radius 2 is 2.47 bits per heavy atom. The molecule has 1 aromatic rings. The second-order valence-corrected chi connectivity index (χ2v) is 5.22. The van der Waals surface area contributed by atoms with Crippen molar-refractivity contribution in [1.29, 1.82) is 0 Å². The number of methoxy groups -OCH3 is 1. The van der Waals surface area contributed by atoms with Crippen LogP contribution in [0.5, 0.6) is 0 Å². The molecule has 4 heteroatoms. The summed E-state index contributed by atoms with van der Waals surface area (Å²) in [6.07, 6.45) is 8.47. The molecule has 1 aliphatic heterocycles. The van der Waals surface area contributed by atoms with Gasteiger partial charge < -0.3 is 10.5 Å². The average molecular weight is 263 g/mol. The molecule has 2 atom stereocenters. The topological polar surface area (TPSA) is 51.4 Å². The zero-order valence-electron chi connectivity index (χ0n) is 11.8. The van der Waals surface area contributed by atoms with Crippen LogP contribution < -0.4 is 5.73 Å². The summed E-state index contributed by atoms with van der Waals surface area (Å²) >= 11 is 0. The molecule has 106 valence electrons. The SMILES string of the molecule is COCC(CCCN)N1CCCC1c1cccnc1. The van der Waals surface area contributed by atoms with Crippen molar-refractivity contribution in [3.8, 4) is 0 Å². The normalized spacial score (nSPS) is 21.7. The number of nitrogens with zero attached hydrogens (tertiary/aromatic N) is 2. The molecule has 2 N–H and O–H groups in total. The molecule has 0 amide bonds. The monoisotopic (exact) mass is 263 g/mol. The van der Waals surface area contributed by atoms with Gasteiger partial charge >= 0.3 is 0 Å². The minimum atomic E-state index is 0.473. The van der Waals surface area contributed by atoms with Gasteiger partial charge in [-0.15, -0.1) is 0 Å². The number of aromatic nitrogens is 1. The molecule has 0 aliphatic carbocycles. The second kappa shape index (κ2) is 7.58. The van der Waals surface area contributed by atoms with Crippen molar-refractivity contribution >= 4 is 0 Å². The van der Waals surface area contributed by atoms with Crippen molar-refractivity contribution in [2.24, 2.45) is 5.73 Å². The molecule has 0 bridgehead atoms. The Kier molecular flexibility index (Phi) is 5.76. The van der Waals surface area contributed by atoms with Crippen LogP contribution in [0, 0.1) is 0 Å². The first kappa shape index (κ1) is 14.4. The molecule has 2 heterocycles. The first-order valence-electron chi connectivity index (χ1n) is 7.21. The summed E-state index contributed by atoms with van der Waals surface area (Å²) in [5.74, 6) is 0. The van der Waals surface area contributed by atoms with E-state index in [1.165, 1.54) is 18.4 Å². The van der Waals surface area contributed by atoms with Crippen LogP contribution >= 0.6 is 0 Å². The van der Waals surface area contributed by atoms with E-state index in [-0.39, 0.29) is 0 Å². The van der Waals surface area contributed by atoms with E-state index in [4.69, 9.17) is 10.5 Å². The van der Waals surface area contributed by atoms with Crippen molar-refractivity contribution < 1.29 is 4.74 Å². The van der Waals surface area contributed by atoms with Crippen LogP contribution in [0.2, 0.25) is 0 Å². The van der Waals surface area contributed by atoms with Gasteiger partial charge in [-0.2, -0.15) is 0 Å². The van der Waals surface area contributed by atoms with E-state index in [0.29, 0.717) is 12.1 Å². The third-order valence-electron chi connectivity index (χ3n) is 3.93. The summed E-state index contributed by atoms with van der Waals surface area (Å²) in [7, 11) is 1.78. The van der Waals surface area contributed by atoms with Gasteiger partial charge in [-0.25, -0.2) is 0 Å². The van der Waals surface area contributed by atoms with Crippen molar-refractivity contribution in [2.75, 3.05) is 26.8 Å². The van der Waals surface area contributed by atoms with Gasteiger partial charge in [0.15, 0.2) is 0 Å². The van der Waals surface area contributed by atoms with Crippen LogP contribution in [-0.2, 0) is 4.74 Å². The number of likely N-dealkylation sites (tertiary alicyclic amines) is 1. The number of rotatable bonds is 7. The molecule has 0 aromatic carbocycles. The van der Waals surface area contributed by atoms with Crippen molar-refractivity contribution in [1.82, 2.24) is 9.88 Å². The van der Waals surface area contributed by atoms with E-state index in [1.807, 2.05) is 18.5 Å². The molecule has 1 aliphatic rings. The van der Waals surface area contributed by atoms with Gasteiger partial charge in [-0.05, 0) is 50.4 Å². The standard InChI is InChI=1S/C15H25N3O/c1-19-12-14(6-2-8-16)18-10-4-7-15(18)13-5-3-9-17-11-13/h3,5,9,11,14-15H,2,4,6-8,10,12,16H2,1H3. The number of nitrogens with two attached hydrogens (primary N) is 1. The van der Waals surface area contributed by atoms with Gasteiger partial charge in [0, 0.05) is 31.6 Å². The fourth-order valence-corrected chi connectivity index (χ4v) is 3.05. The lowest BCUT2D eigenvalue weighted by Gasteiger charge is -2.33. The number of pyridine rings is 1. The third-order valence-corrected chi connectivity index (χ3v) is 3.93. The minimum absolute atomic E-state index is 0.473. The molecule has 0 radical (unpaired) electrons. The van der Waals surface area contributed by atoms with Crippen molar-refractivity contribution in [3.05, 3.63) is 30.1 Å². The maximum atomic E-state index is 5.65. The molecule has 1 aromatic heterocycles. The van der Waals surface area contributed by atoms with E-state index < -0.39 is 0 Å². The molecule has 19 heavy (non-hydrogen) atoms. The van der Waals surface area contributed by atoms with E-state index in [1.54, 1.807) is 7.11 Å². The highest BCUT2D eigenvalue weighted by atomic mass is 16.5. The Labute approximate surface area is 116 Å². The Bertz CT molecular complexity index is 358. The summed E-state index contributed by atoms with van der Waals surface area (Å²) in [5.41, 5.74) is 6.98. The molecule has 0 saturated carbocycles. The third kappa shape index (κ3) is 3.75. The predicted octanol–water partition coefficient (Wildman–Crippen LogP) is 1.97. The summed E-state index contributed by atoms with van der Waals surface area (Å²) in [5, 5.41) is 0. The fraction of sp³-hybridized carbons (Fsp3) is 0.667. The lowest BCUT2D eigenvalue weighted by molar-refractivity contribution is 0.0756. The van der Waals surface area contributed by atoms with Gasteiger partial charge in [-0.3, -0.25) is 9.88 Å². The van der Waals surface area contributed by atoms with Crippen LogP contribution in [0.1, 0.15) is 37.3 Å². The number of ether oxygens (including phenoxy) is 1. The first-order valence-corrected chi connectivity index (χ1v) is 7.21. The highest BCUT2D eigenvalue weighted by Crippen LogP contribution is 2.34. The Hall–Kier alpha value is -0.970.